The largest absolute Gasteiger partial charge is 0.0654 e. The maximum absolute atomic E-state index is 2.46. The van der Waals surface area contributed by atoms with Gasteiger partial charge in [-0.05, 0) is 30.6 Å². The minimum Gasteiger partial charge on any atom is -0.0654 e. The van der Waals surface area contributed by atoms with Crippen molar-refractivity contribution < 1.29 is 0 Å². The monoisotopic (exact) mass is 210 g/mol. The first-order chi connectivity index (χ1) is 7.24. The van der Waals surface area contributed by atoms with E-state index in [1.165, 1.54) is 57.8 Å². The second-order valence-electron chi connectivity index (χ2n) is 5.85. The van der Waals surface area contributed by atoms with E-state index in [0.29, 0.717) is 0 Å². The zero-order valence-corrected chi connectivity index (χ0v) is 11.1. The van der Waals surface area contributed by atoms with Gasteiger partial charge in [-0.15, -0.1) is 0 Å². The lowest BCUT2D eigenvalue weighted by Gasteiger charge is -2.13. The molecule has 0 aromatic heterocycles. The fourth-order valence-corrected chi connectivity index (χ4v) is 2.58. The van der Waals surface area contributed by atoms with Crippen molar-refractivity contribution in [3.8, 4) is 0 Å². The summed E-state index contributed by atoms with van der Waals surface area (Å²) in [6.07, 6.45) is 13.2. The smallest absolute Gasteiger partial charge is 0.0388 e. The molecule has 0 amide bonds. The van der Waals surface area contributed by atoms with Crippen molar-refractivity contribution in [2.75, 3.05) is 0 Å². The molecule has 1 aliphatic rings. The van der Waals surface area contributed by atoms with Crippen LogP contribution in [0.1, 0.15) is 78.6 Å². The average molecular weight is 210 g/mol. The molecule has 1 rings (SSSR count). The predicted molar refractivity (Wildman–Crippen MR) is 69.0 cm³/mol. The molecule has 0 aromatic rings. The van der Waals surface area contributed by atoms with E-state index in [-0.39, 0.29) is 0 Å². The second-order valence-corrected chi connectivity index (χ2v) is 5.85. The minimum absolute atomic E-state index is 0.975. The summed E-state index contributed by atoms with van der Waals surface area (Å²) in [5, 5.41) is 0. The first-order valence-electron chi connectivity index (χ1n) is 7.24. The molecule has 90 valence electrons. The third-order valence-electron chi connectivity index (χ3n) is 4.08. The zero-order chi connectivity index (χ0) is 11.1. The van der Waals surface area contributed by atoms with Crippen LogP contribution < -0.4 is 0 Å². The lowest BCUT2D eigenvalue weighted by Crippen LogP contribution is -2.00. The Morgan fingerprint density at radius 3 is 2.20 bits per heavy atom. The van der Waals surface area contributed by atoms with Crippen LogP contribution in [-0.4, -0.2) is 0 Å². The van der Waals surface area contributed by atoms with Crippen LogP contribution >= 0.6 is 0 Å². The van der Waals surface area contributed by atoms with Crippen molar-refractivity contribution in [1.29, 1.82) is 0 Å². The van der Waals surface area contributed by atoms with Crippen molar-refractivity contribution in [1.82, 2.24) is 0 Å². The Morgan fingerprint density at radius 1 is 0.933 bits per heavy atom. The molecule has 15 heavy (non-hydrogen) atoms. The SMILES string of the molecule is CCCCCC(C)CCCC(C)C1CC1. The van der Waals surface area contributed by atoms with Crippen LogP contribution in [-0.2, 0) is 0 Å². The molecule has 0 nitrogen and oxygen atoms in total. The van der Waals surface area contributed by atoms with Crippen LogP contribution in [0, 0.1) is 17.8 Å². The molecule has 0 spiro atoms. The highest BCUT2D eigenvalue weighted by Crippen LogP contribution is 2.39. The van der Waals surface area contributed by atoms with Crippen molar-refractivity contribution in [2.24, 2.45) is 17.8 Å². The summed E-state index contributed by atoms with van der Waals surface area (Å²) in [7, 11) is 0. The van der Waals surface area contributed by atoms with E-state index in [1.54, 1.807) is 0 Å². The summed E-state index contributed by atoms with van der Waals surface area (Å²) in [5.74, 6) is 3.11. The number of hydrogen-bond acceptors (Lipinski definition) is 0. The highest BCUT2D eigenvalue weighted by molar-refractivity contribution is 4.78. The Labute approximate surface area is 96.8 Å². The maximum atomic E-state index is 2.46. The minimum atomic E-state index is 0.975. The van der Waals surface area contributed by atoms with Gasteiger partial charge in [0.25, 0.3) is 0 Å². The molecule has 1 saturated carbocycles. The Hall–Kier alpha value is 0. The van der Waals surface area contributed by atoms with Gasteiger partial charge in [0.2, 0.25) is 0 Å². The van der Waals surface area contributed by atoms with Gasteiger partial charge in [-0.3, -0.25) is 0 Å². The maximum Gasteiger partial charge on any atom is -0.0388 e. The molecule has 0 heterocycles. The molecule has 0 bridgehead atoms. The van der Waals surface area contributed by atoms with Gasteiger partial charge in [0.1, 0.15) is 0 Å². The summed E-state index contributed by atoms with van der Waals surface area (Å²) in [6.45, 7) is 7.19. The van der Waals surface area contributed by atoms with Crippen molar-refractivity contribution in [3.63, 3.8) is 0 Å². The lowest BCUT2D eigenvalue weighted by molar-refractivity contribution is 0.392. The molecule has 0 N–H and O–H groups in total. The van der Waals surface area contributed by atoms with E-state index in [1.807, 2.05) is 0 Å². The van der Waals surface area contributed by atoms with E-state index in [9.17, 15) is 0 Å². The van der Waals surface area contributed by atoms with Crippen LogP contribution in [0.4, 0.5) is 0 Å². The van der Waals surface area contributed by atoms with Crippen molar-refractivity contribution in [3.05, 3.63) is 0 Å². The quantitative estimate of drug-likeness (QED) is 0.446. The standard InChI is InChI=1S/C15H30/c1-4-5-6-8-13(2)9-7-10-14(3)15-11-12-15/h13-15H,4-12H2,1-3H3. The van der Waals surface area contributed by atoms with Crippen LogP contribution in [0.5, 0.6) is 0 Å². The van der Waals surface area contributed by atoms with Crippen LogP contribution in [0.2, 0.25) is 0 Å². The van der Waals surface area contributed by atoms with E-state index in [0.717, 1.165) is 17.8 Å². The van der Waals surface area contributed by atoms with Crippen LogP contribution in [0.25, 0.3) is 0 Å². The van der Waals surface area contributed by atoms with Gasteiger partial charge in [0, 0.05) is 0 Å². The van der Waals surface area contributed by atoms with Gasteiger partial charge in [-0.1, -0.05) is 65.7 Å². The summed E-state index contributed by atoms with van der Waals surface area (Å²) in [5.41, 5.74) is 0. The first kappa shape index (κ1) is 13.1. The van der Waals surface area contributed by atoms with Crippen molar-refractivity contribution in [2.45, 2.75) is 78.6 Å². The summed E-state index contributed by atoms with van der Waals surface area (Å²) < 4.78 is 0. The van der Waals surface area contributed by atoms with Gasteiger partial charge in [0.05, 0.1) is 0 Å². The Kier molecular flexibility index (Phi) is 6.36. The first-order valence-corrected chi connectivity index (χ1v) is 7.24. The van der Waals surface area contributed by atoms with Gasteiger partial charge in [-0.25, -0.2) is 0 Å². The summed E-state index contributed by atoms with van der Waals surface area (Å²) in [6, 6.07) is 0. The van der Waals surface area contributed by atoms with Crippen LogP contribution in [0.3, 0.4) is 0 Å². The summed E-state index contributed by atoms with van der Waals surface area (Å²) in [4.78, 5) is 0. The fourth-order valence-electron chi connectivity index (χ4n) is 2.58. The molecule has 0 aromatic carbocycles. The van der Waals surface area contributed by atoms with E-state index >= 15 is 0 Å². The molecule has 1 aliphatic carbocycles. The third kappa shape index (κ3) is 6.22. The van der Waals surface area contributed by atoms with Crippen LogP contribution in [0.15, 0.2) is 0 Å². The molecule has 0 aliphatic heterocycles. The van der Waals surface area contributed by atoms with Gasteiger partial charge >= 0.3 is 0 Å². The number of unbranched alkanes of at least 4 members (excludes halogenated alkanes) is 2. The molecular weight excluding hydrogens is 180 g/mol. The highest BCUT2D eigenvalue weighted by Gasteiger charge is 2.27. The van der Waals surface area contributed by atoms with E-state index < -0.39 is 0 Å². The number of rotatable bonds is 9. The molecule has 0 heteroatoms. The zero-order valence-electron chi connectivity index (χ0n) is 11.1. The predicted octanol–water partition coefficient (Wildman–Crippen LogP) is 5.42. The van der Waals surface area contributed by atoms with Crippen molar-refractivity contribution >= 4 is 0 Å². The Balaban J connectivity index is 1.89. The lowest BCUT2D eigenvalue weighted by atomic mass is 9.93. The van der Waals surface area contributed by atoms with E-state index in [2.05, 4.69) is 20.8 Å². The fraction of sp³-hybridized carbons (Fsp3) is 1.00. The summed E-state index contributed by atoms with van der Waals surface area (Å²) >= 11 is 0. The van der Waals surface area contributed by atoms with Gasteiger partial charge in [-0.2, -0.15) is 0 Å². The Morgan fingerprint density at radius 2 is 1.60 bits per heavy atom. The molecule has 0 saturated heterocycles. The third-order valence-corrected chi connectivity index (χ3v) is 4.08. The molecule has 2 unspecified atom stereocenters. The van der Waals surface area contributed by atoms with E-state index in [4.69, 9.17) is 0 Å². The topological polar surface area (TPSA) is 0 Å². The Bertz CT molecular complexity index is 146. The second kappa shape index (κ2) is 7.30. The molecule has 1 fully saturated rings. The molecular formula is C15H30. The molecule has 0 radical (unpaired) electrons. The normalized spacial score (nSPS) is 20.2. The van der Waals surface area contributed by atoms with Gasteiger partial charge in [0.15, 0.2) is 0 Å². The van der Waals surface area contributed by atoms with Gasteiger partial charge < -0.3 is 0 Å². The average Bonchev–Trinajstić information content (AvgIpc) is 3.01. The molecule has 2 atom stereocenters. The highest BCUT2D eigenvalue weighted by atomic mass is 14.3. The number of hydrogen-bond donors (Lipinski definition) is 0.